The van der Waals surface area contributed by atoms with Crippen molar-refractivity contribution in [1.29, 1.82) is 0 Å². The van der Waals surface area contributed by atoms with Gasteiger partial charge >= 0.3 is 0 Å². The second kappa shape index (κ2) is 7.13. The standard InChI is InChI=1S/C16H13F4NO2/c1-23-12-5-3-2-4-9(12)6-7-21-16(22)10-8-11(17)14(19)15(20)13(10)18/h2-5,8H,6-7H2,1H3,(H,21,22). The predicted octanol–water partition coefficient (Wildman–Crippen LogP) is 3.22. The van der Waals surface area contributed by atoms with Gasteiger partial charge in [0.2, 0.25) is 0 Å². The van der Waals surface area contributed by atoms with Gasteiger partial charge < -0.3 is 10.1 Å². The van der Waals surface area contributed by atoms with Crippen molar-refractivity contribution in [2.24, 2.45) is 0 Å². The van der Waals surface area contributed by atoms with Crippen LogP contribution >= 0.6 is 0 Å². The van der Waals surface area contributed by atoms with E-state index in [9.17, 15) is 22.4 Å². The Morgan fingerprint density at radius 3 is 2.48 bits per heavy atom. The summed E-state index contributed by atoms with van der Waals surface area (Å²) in [6.45, 7) is 0.0826. The molecule has 0 saturated heterocycles. The van der Waals surface area contributed by atoms with E-state index < -0.39 is 34.7 Å². The van der Waals surface area contributed by atoms with Gasteiger partial charge in [0.05, 0.1) is 12.7 Å². The SMILES string of the molecule is COc1ccccc1CCNC(=O)c1cc(F)c(F)c(F)c1F. The van der Waals surface area contributed by atoms with Gasteiger partial charge in [0.25, 0.3) is 5.91 Å². The number of hydrogen-bond acceptors (Lipinski definition) is 2. The molecule has 2 rings (SSSR count). The number of carbonyl (C=O) groups excluding carboxylic acids is 1. The molecule has 23 heavy (non-hydrogen) atoms. The van der Waals surface area contributed by atoms with E-state index in [0.29, 0.717) is 18.2 Å². The maximum atomic E-state index is 13.5. The fourth-order valence-corrected chi connectivity index (χ4v) is 2.05. The maximum Gasteiger partial charge on any atom is 0.254 e. The van der Waals surface area contributed by atoms with Crippen LogP contribution in [0.15, 0.2) is 30.3 Å². The van der Waals surface area contributed by atoms with E-state index in [0.717, 1.165) is 5.56 Å². The summed E-state index contributed by atoms with van der Waals surface area (Å²) in [5.41, 5.74) is -0.0892. The first-order chi connectivity index (χ1) is 11.0. The van der Waals surface area contributed by atoms with E-state index in [1.807, 2.05) is 0 Å². The van der Waals surface area contributed by atoms with E-state index in [1.54, 1.807) is 24.3 Å². The van der Waals surface area contributed by atoms with Crippen molar-refractivity contribution in [3.63, 3.8) is 0 Å². The zero-order valence-corrected chi connectivity index (χ0v) is 12.1. The highest BCUT2D eigenvalue weighted by molar-refractivity contribution is 5.94. The lowest BCUT2D eigenvalue weighted by molar-refractivity contribution is 0.0948. The summed E-state index contributed by atoms with van der Waals surface area (Å²) < 4.78 is 57.7. The topological polar surface area (TPSA) is 38.3 Å². The number of halogens is 4. The molecule has 0 heterocycles. The molecule has 7 heteroatoms. The van der Waals surface area contributed by atoms with Gasteiger partial charge in [-0.2, -0.15) is 0 Å². The number of methoxy groups -OCH3 is 1. The van der Waals surface area contributed by atoms with Gasteiger partial charge in [-0.15, -0.1) is 0 Å². The molecule has 0 fully saturated rings. The summed E-state index contributed by atoms with van der Waals surface area (Å²) in [4.78, 5) is 11.8. The fraction of sp³-hybridized carbons (Fsp3) is 0.188. The highest BCUT2D eigenvalue weighted by Crippen LogP contribution is 2.19. The smallest absolute Gasteiger partial charge is 0.254 e. The lowest BCUT2D eigenvalue weighted by Gasteiger charge is -2.10. The summed E-state index contributed by atoms with van der Waals surface area (Å²) >= 11 is 0. The Kier molecular flexibility index (Phi) is 5.20. The molecule has 1 amide bonds. The van der Waals surface area contributed by atoms with Crippen LogP contribution in [0.4, 0.5) is 17.6 Å². The van der Waals surface area contributed by atoms with Crippen molar-refractivity contribution in [3.05, 3.63) is 64.7 Å². The van der Waals surface area contributed by atoms with Crippen LogP contribution in [-0.2, 0) is 6.42 Å². The summed E-state index contributed by atoms with van der Waals surface area (Å²) in [5, 5.41) is 2.32. The summed E-state index contributed by atoms with van der Waals surface area (Å²) in [6, 6.07) is 7.40. The number of para-hydroxylation sites is 1. The number of benzene rings is 2. The molecule has 0 aliphatic rings. The average Bonchev–Trinajstić information content (AvgIpc) is 2.56. The Balaban J connectivity index is 2.06. The largest absolute Gasteiger partial charge is 0.496 e. The number of rotatable bonds is 5. The molecule has 1 N–H and O–H groups in total. The molecule has 0 aliphatic heterocycles. The lowest BCUT2D eigenvalue weighted by atomic mass is 10.1. The van der Waals surface area contributed by atoms with Gasteiger partial charge in [-0.25, -0.2) is 17.6 Å². The Morgan fingerprint density at radius 2 is 1.78 bits per heavy atom. The minimum absolute atomic E-state index is 0.0826. The Labute approximate surface area is 129 Å². The molecule has 2 aromatic rings. The number of ether oxygens (including phenoxy) is 1. The van der Waals surface area contributed by atoms with Crippen molar-refractivity contribution in [2.45, 2.75) is 6.42 Å². The number of nitrogens with one attached hydrogen (secondary N) is 1. The molecule has 0 bridgehead atoms. The second-order valence-electron chi connectivity index (χ2n) is 4.67. The van der Waals surface area contributed by atoms with Gasteiger partial charge in [0.15, 0.2) is 23.3 Å². The molecule has 0 aliphatic carbocycles. The predicted molar refractivity (Wildman–Crippen MR) is 75.3 cm³/mol. The number of carbonyl (C=O) groups is 1. The summed E-state index contributed by atoms with van der Waals surface area (Å²) in [6.07, 6.45) is 0.365. The second-order valence-corrected chi connectivity index (χ2v) is 4.67. The van der Waals surface area contributed by atoms with Crippen LogP contribution in [0.2, 0.25) is 0 Å². The third-order valence-electron chi connectivity index (χ3n) is 3.22. The average molecular weight is 327 g/mol. The van der Waals surface area contributed by atoms with E-state index in [4.69, 9.17) is 4.74 Å². The van der Waals surface area contributed by atoms with Gasteiger partial charge in [-0.3, -0.25) is 4.79 Å². The van der Waals surface area contributed by atoms with Crippen molar-refractivity contribution in [2.75, 3.05) is 13.7 Å². The third kappa shape index (κ3) is 3.61. The van der Waals surface area contributed by atoms with E-state index >= 15 is 0 Å². The number of hydrogen-bond donors (Lipinski definition) is 1. The van der Waals surface area contributed by atoms with E-state index in [-0.39, 0.29) is 6.54 Å². The zero-order valence-electron chi connectivity index (χ0n) is 12.1. The highest BCUT2D eigenvalue weighted by Gasteiger charge is 2.22. The van der Waals surface area contributed by atoms with Gasteiger partial charge in [0, 0.05) is 6.54 Å². The van der Waals surface area contributed by atoms with Gasteiger partial charge in [-0.05, 0) is 24.1 Å². The summed E-state index contributed by atoms with van der Waals surface area (Å²) in [7, 11) is 1.50. The quantitative estimate of drug-likeness (QED) is 0.520. The molecular formula is C16H13F4NO2. The molecule has 2 aromatic carbocycles. The van der Waals surface area contributed by atoms with Crippen LogP contribution in [0.25, 0.3) is 0 Å². The van der Waals surface area contributed by atoms with Crippen LogP contribution in [0.3, 0.4) is 0 Å². The number of amides is 1. The van der Waals surface area contributed by atoms with Crippen molar-refractivity contribution >= 4 is 5.91 Å². The molecule has 0 radical (unpaired) electrons. The lowest BCUT2D eigenvalue weighted by Crippen LogP contribution is -2.27. The monoisotopic (exact) mass is 327 g/mol. The fourth-order valence-electron chi connectivity index (χ4n) is 2.05. The molecule has 0 unspecified atom stereocenters. The minimum Gasteiger partial charge on any atom is -0.496 e. The normalized spacial score (nSPS) is 10.5. The maximum absolute atomic E-state index is 13.5. The molecule has 122 valence electrons. The zero-order chi connectivity index (χ0) is 17.0. The van der Waals surface area contributed by atoms with E-state index in [2.05, 4.69) is 5.32 Å². The first kappa shape index (κ1) is 16.8. The molecule has 0 saturated carbocycles. The van der Waals surface area contributed by atoms with Gasteiger partial charge in [-0.1, -0.05) is 18.2 Å². The molecule has 0 atom stereocenters. The Bertz CT molecular complexity index is 734. The first-order valence-corrected chi connectivity index (χ1v) is 6.68. The Hall–Kier alpha value is -2.57. The van der Waals surface area contributed by atoms with Crippen LogP contribution in [0.1, 0.15) is 15.9 Å². The highest BCUT2D eigenvalue weighted by atomic mass is 19.2. The minimum atomic E-state index is -2.01. The van der Waals surface area contributed by atoms with Crippen molar-refractivity contribution in [1.82, 2.24) is 5.32 Å². The van der Waals surface area contributed by atoms with Crippen LogP contribution in [-0.4, -0.2) is 19.6 Å². The van der Waals surface area contributed by atoms with Gasteiger partial charge in [0.1, 0.15) is 5.75 Å². The molecule has 3 nitrogen and oxygen atoms in total. The van der Waals surface area contributed by atoms with E-state index in [1.165, 1.54) is 7.11 Å². The Morgan fingerprint density at radius 1 is 1.09 bits per heavy atom. The van der Waals surface area contributed by atoms with Crippen LogP contribution in [0.5, 0.6) is 5.75 Å². The van der Waals surface area contributed by atoms with Crippen LogP contribution in [0, 0.1) is 23.3 Å². The molecular weight excluding hydrogens is 314 g/mol. The summed E-state index contributed by atoms with van der Waals surface area (Å²) in [5.74, 6) is -7.73. The van der Waals surface area contributed by atoms with Crippen molar-refractivity contribution in [3.8, 4) is 5.75 Å². The third-order valence-corrected chi connectivity index (χ3v) is 3.22. The first-order valence-electron chi connectivity index (χ1n) is 6.68. The molecule has 0 spiro atoms. The van der Waals surface area contributed by atoms with Crippen LogP contribution < -0.4 is 10.1 Å². The molecule has 0 aromatic heterocycles. The van der Waals surface area contributed by atoms with Crippen molar-refractivity contribution < 1.29 is 27.1 Å².